The molecule has 0 saturated carbocycles. The number of aliphatic hydroxyl groups excluding tert-OH is 1. The second-order valence-corrected chi connectivity index (χ2v) is 5.86. The average molecular weight is 268 g/mol. The Morgan fingerprint density at radius 2 is 1.95 bits per heavy atom. The van der Waals surface area contributed by atoms with E-state index in [0.717, 1.165) is 5.69 Å². The predicted molar refractivity (Wildman–Crippen MR) is 73.3 cm³/mol. The van der Waals surface area contributed by atoms with E-state index in [9.17, 15) is 5.11 Å². The Morgan fingerprint density at radius 1 is 1.26 bits per heavy atom. The van der Waals surface area contributed by atoms with Crippen LogP contribution in [0.2, 0.25) is 0 Å². The molecule has 0 spiro atoms. The fourth-order valence-corrected chi connectivity index (χ4v) is 1.31. The Balaban J connectivity index is 2.41. The van der Waals surface area contributed by atoms with Gasteiger partial charge in [-0.1, -0.05) is 13.8 Å². The van der Waals surface area contributed by atoms with Gasteiger partial charge in [0.1, 0.15) is 18.5 Å². The van der Waals surface area contributed by atoms with Gasteiger partial charge in [-0.15, -0.1) is 0 Å². The third-order valence-electron chi connectivity index (χ3n) is 2.39. The van der Waals surface area contributed by atoms with E-state index in [1.165, 1.54) is 0 Å². The zero-order valence-corrected chi connectivity index (χ0v) is 12.4. The molecule has 1 rings (SSSR count). The van der Waals surface area contributed by atoms with Crippen molar-refractivity contribution in [2.24, 2.45) is 0 Å². The van der Waals surface area contributed by atoms with Gasteiger partial charge in [-0.3, -0.25) is 0 Å². The molecule has 1 atom stereocenters. The lowest BCUT2D eigenvalue weighted by Gasteiger charge is -2.22. The minimum atomic E-state index is -0.658. The zero-order valence-electron chi connectivity index (χ0n) is 12.4. The zero-order chi connectivity index (χ0) is 14.5. The van der Waals surface area contributed by atoms with E-state index in [1.807, 2.05) is 40.7 Å². The second kappa shape index (κ2) is 6.82. The number of hydrogen-bond acceptors (Lipinski definition) is 5. The molecule has 0 fully saturated rings. The molecule has 0 aromatic carbocycles. The van der Waals surface area contributed by atoms with Crippen LogP contribution in [-0.2, 0) is 4.74 Å². The van der Waals surface area contributed by atoms with Crippen LogP contribution in [-0.4, -0.2) is 40.2 Å². The van der Waals surface area contributed by atoms with Crippen LogP contribution in [0.1, 0.15) is 46.2 Å². The smallest absolute Gasteiger partial charge is 0.141 e. The molecule has 1 heterocycles. The molecule has 1 unspecified atom stereocenters. The molecular formula is C14H24N2O3. The molecule has 0 radical (unpaired) electrons. The lowest BCUT2D eigenvalue weighted by Crippen LogP contribution is -2.29. The van der Waals surface area contributed by atoms with Crippen LogP contribution in [0.15, 0.2) is 12.3 Å². The van der Waals surface area contributed by atoms with Crippen molar-refractivity contribution in [3.63, 3.8) is 0 Å². The lowest BCUT2D eigenvalue weighted by atomic mass is 10.1. The van der Waals surface area contributed by atoms with Crippen molar-refractivity contribution in [3.8, 4) is 5.75 Å². The van der Waals surface area contributed by atoms with E-state index in [4.69, 9.17) is 9.47 Å². The summed E-state index contributed by atoms with van der Waals surface area (Å²) in [7, 11) is 0. The van der Waals surface area contributed by atoms with E-state index in [1.54, 1.807) is 6.20 Å². The van der Waals surface area contributed by atoms with Crippen LogP contribution in [0.25, 0.3) is 0 Å². The maximum atomic E-state index is 9.77. The molecule has 0 bridgehead atoms. The summed E-state index contributed by atoms with van der Waals surface area (Å²) in [5, 5.41) is 17.7. The minimum absolute atomic E-state index is 0.180. The summed E-state index contributed by atoms with van der Waals surface area (Å²) in [6.45, 7) is 10.4. The molecule has 5 nitrogen and oxygen atoms in total. The van der Waals surface area contributed by atoms with Gasteiger partial charge in [0.05, 0.1) is 24.1 Å². The first-order valence-corrected chi connectivity index (χ1v) is 6.55. The number of aliphatic hydroxyl groups is 1. The minimum Gasteiger partial charge on any atom is -0.489 e. The van der Waals surface area contributed by atoms with E-state index in [2.05, 4.69) is 10.2 Å². The molecule has 0 saturated heterocycles. The highest BCUT2D eigenvalue weighted by molar-refractivity contribution is 5.20. The van der Waals surface area contributed by atoms with E-state index in [-0.39, 0.29) is 18.8 Å². The summed E-state index contributed by atoms with van der Waals surface area (Å²) in [5.74, 6) is 0.915. The predicted octanol–water partition coefficient (Wildman–Crippen LogP) is 2.15. The summed E-state index contributed by atoms with van der Waals surface area (Å²) in [5.41, 5.74) is 0.613. The van der Waals surface area contributed by atoms with Gasteiger partial charge in [0.15, 0.2) is 0 Å². The highest BCUT2D eigenvalue weighted by Gasteiger charge is 2.14. The first-order valence-electron chi connectivity index (χ1n) is 6.55. The van der Waals surface area contributed by atoms with Crippen LogP contribution in [0.3, 0.4) is 0 Å². The Labute approximate surface area is 115 Å². The summed E-state index contributed by atoms with van der Waals surface area (Å²) >= 11 is 0. The third-order valence-corrected chi connectivity index (χ3v) is 2.39. The Morgan fingerprint density at radius 3 is 2.53 bits per heavy atom. The fourth-order valence-electron chi connectivity index (χ4n) is 1.31. The number of ether oxygens (including phenoxy) is 2. The van der Waals surface area contributed by atoms with Crippen LogP contribution in [0, 0.1) is 0 Å². The number of aromatic nitrogens is 2. The average Bonchev–Trinajstić information content (AvgIpc) is 2.33. The first-order chi connectivity index (χ1) is 8.78. The van der Waals surface area contributed by atoms with Gasteiger partial charge in [-0.2, -0.15) is 10.2 Å². The summed E-state index contributed by atoms with van der Waals surface area (Å²) < 4.78 is 11.0. The lowest BCUT2D eigenvalue weighted by molar-refractivity contribution is -0.0586. The van der Waals surface area contributed by atoms with Gasteiger partial charge >= 0.3 is 0 Å². The maximum Gasteiger partial charge on any atom is 0.141 e. The highest BCUT2D eigenvalue weighted by atomic mass is 16.5. The highest BCUT2D eigenvalue weighted by Crippen LogP contribution is 2.16. The Bertz CT molecular complexity index is 389. The summed E-state index contributed by atoms with van der Waals surface area (Å²) in [6.07, 6.45) is 0.887. The van der Waals surface area contributed by atoms with Crippen LogP contribution >= 0.6 is 0 Å². The first kappa shape index (κ1) is 15.9. The van der Waals surface area contributed by atoms with Crippen molar-refractivity contribution in [1.29, 1.82) is 0 Å². The van der Waals surface area contributed by atoms with Gasteiger partial charge in [-0.05, 0) is 26.7 Å². The molecule has 0 aliphatic rings. The number of hydrogen-bond donors (Lipinski definition) is 1. The van der Waals surface area contributed by atoms with Gasteiger partial charge < -0.3 is 14.6 Å². The topological polar surface area (TPSA) is 64.5 Å². The van der Waals surface area contributed by atoms with E-state index < -0.39 is 6.10 Å². The Kier molecular flexibility index (Phi) is 5.69. The summed E-state index contributed by atoms with van der Waals surface area (Å²) in [4.78, 5) is 0. The van der Waals surface area contributed by atoms with Crippen molar-refractivity contribution in [1.82, 2.24) is 10.2 Å². The monoisotopic (exact) mass is 268 g/mol. The van der Waals surface area contributed by atoms with E-state index >= 15 is 0 Å². The molecule has 1 N–H and O–H groups in total. The molecule has 19 heavy (non-hydrogen) atoms. The summed E-state index contributed by atoms with van der Waals surface area (Å²) in [6, 6.07) is 1.84. The van der Waals surface area contributed by atoms with Gasteiger partial charge in [0.2, 0.25) is 0 Å². The molecule has 108 valence electrons. The quantitative estimate of drug-likeness (QED) is 0.856. The number of rotatable bonds is 6. The Hall–Kier alpha value is -1.20. The van der Waals surface area contributed by atoms with Crippen molar-refractivity contribution >= 4 is 0 Å². The van der Waals surface area contributed by atoms with Gasteiger partial charge in [0.25, 0.3) is 0 Å². The van der Waals surface area contributed by atoms with E-state index in [0.29, 0.717) is 11.7 Å². The molecule has 0 amide bonds. The fraction of sp³-hybridized carbons (Fsp3) is 0.714. The third kappa shape index (κ3) is 6.50. The molecule has 0 aliphatic heterocycles. The van der Waals surface area contributed by atoms with Crippen LogP contribution in [0.4, 0.5) is 0 Å². The largest absolute Gasteiger partial charge is 0.489 e. The van der Waals surface area contributed by atoms with Crippen molar-refractivity contribution < 1.29 is 14.6 Å². The van der Waals surface area contributed by atoms with Crippen molar-refractivity contribution in [2.75, 3.05) is 13.2 Å². The second-order valence-electron chi connectivity index (χ2n) is 5.86. The van der Waals surface area contributed by atoms with Crippen LogP contribution in [0.5, 0.6) is 5.75 Å². The SMILES string of the molecule is CC(C)c1cc(OCC(O)COC(C)(C)C)cnn1. The molecule has 1 aromatic heterocycles. The van der Waals surface area contributed by atoms with Crippen molar-refractivity contribution in [3.05, 3.63) is 18.0 Å². The normalized spacial score (nSPS) is 13.6. The molecule has 1 aromatic rings. The number of nitrogens with zero attached hydrogens (tertiary/aromatic N) is 2. The van der Waals surface area contributed by atoms with Crippen LogP contribution < -0.4 is 4.74 Å². The maximum absolute atomic E-state index is 9.77. The molecular weight excluding hydrogens is 244 g/mol. The van der Waals surface area contributed by atoms with Gasteiger partial charge in [0, 0.05) is 6.07 Å². The molecule has 5 heteroatoms. The van der Waals surface area contributed by atoms with Gasteiger partial charge in [-0.25, -0.2) is 0 Å². The van der Waals surface area contributed by atoms with Crippen molar-refractivity contribution in [2.45, 2.75) is 52.2 Å². The standard InChI is InChI=1S/C14H24N2O3/c1-10(2)13-6-12(7-15-16-13)18-8-11(17)9-19-14(3,4)5/h6-7,10-11,17H,8-9H2,1-5H3. The molecule has 0 aliphatic carbocycles.